The van der Waals surface area contributed by atoms with Crippen LogP contribution in [0.1, 0.15) is 38.5 Å². The Bertz CT molecular complexity index is 572. The summed E-state index contributed by atoms with van der Waals surface area (Å²) in [6.45, 7) is 0.134. The zero-order valence-corrected chi connectivity index (χ0v) is 12.7. The van der Waals surface area contributed by atoms with Crippen LogP contribution in [0.3, 0.4) is 0 Å². The zero-order chi connectivity index (χ0) is 14.5. The zero-order valence-electron chi connectivity index (χ0n) is 11.9. The highest BCUT2D eigenvalue weighted by Crippen LogP contribution is 2.19. The monoisotopic (exact) mass is 305 g/mol. The number of rotatable bonds is 4. The molecule has 1 fully saturated rings. The fourth-order valence-corrected chi connectivity index (χ4v) is 3.29. The predicted octanol–water partition coefficient (Wildman–Crippen LogP) is 2.24. The highest BCUT2D eigenvalue weighted by atomic mass is 32.1. The van der Waals surface area contributed by atoms with Gasteiger partial charge in [-0.25, -0.2) is 0 Å². The molecule has 1 aliphatic rings. The molecular weight excluding hydrogens is 286 g/mol. The Hall–Kier alpha value is -1.76. The van der Waals surface area contributed by atoms with Crippen LogP contribution in [0.25, 0.3) is 10.7 Å². The minimum absolute atomic E-state index is 0.0305. The molecule has 0 atom stereocenters. The maximum absolute atomic E-state index is 12.1. The molecule has 0 bridgehead atoms. The number of amides is 1. The molecule has 1 N–H and O–H groups in total. The largest absolute Gasteiger partial charge is 0.352 e. The van der Waals surface area contributed by atoms with Gasteiger partial charge in [0.15, 0.2) is 0 Å². The molecule has 0 unspecified atom stereocenters. The number of carbonyl (C=O) groups is 1. The summed E-state index contributed by atoms with van der Waals surface area (Å²) in [6.07, 6.45) is 7.13. The second kappa shape index (κ2) is 6.80. The molecule has 1 saturated carbocycles. The van der Waals surface area contributed by atoms with Crippen molar-refractivity contribution >= 4 is 17.2 Å². The highest BCUT2D eigenvalue weighted by Gasteiger charge is 2.16. The topological polar surface area (TPSA) is 72.7 Å². The van der Waals surface area contributed by atoms with E-state index in [0.29, 0.717) is 11.9 Å². The average Bonchev–Trinajstić information content (AvgIpc) is 3.07. The van der Waals surface area contributed by atoms with Crippen LogP contribution in [-0.2, 0) is 11.3 Å². The maximum atomic E-state index is 12.1. The number of carbonyl (C=O) groups excluding carboxylic acids is 1. The van der Waals surface area contributed by atoms with E-state index in [2.05, 4.69) is 20.7 Å². The lowest BCUT2D eigenvalue weighted by molar-refractivity contribution is -0.122. The van der Waals surface area contributed by atoms with Crippen LogP contribution in [-0.4, -0.2) is 32.2 Å². The van der Waals surface area contributed by atoms with Crippen LogP contribution in [0.15, 0.2) is 17.5 Å². The van der Waals surface area contributed by atoms with Crippen LogP contribution in [0.5, 0.6) is 0 Å². The first-order chi connectivity index (χ1) is 10.3. The molecule has 0 spiro atoms. The van der Waals surface area contributed by atoms with Crippen LogP contribution in [0.4, 0.5) is 0 Å². The fourth-order valence-electron chi connectivity index (χ4n) is 2.64. The van der Waals surface area contributed by atoms with E-state index in [1.807, 2.05) is 17.5 Å². The third-order valence-electron chi connectivity index (χ3n) is 3.70. The molecule has 2 heterocycles. The average molecular weight is 305 g/mol. The molecule has 0 radical (unpaired) electrons. The smallest absolute Gasteiger partial charge is 0.243 e. The van der Waals surface area contributed by atoms with Crippen molar-refractivity contribution in [3.05, 3.63) is 17.5 Å². The van der Waals surface area contributed by atoms with E-state index in [9.17, 15) is 4.79 Å². The second-order valence-electron chi connectivity index (χ2n) is 5.38. The normalized spacial score (nSPS) is 16.6. The summed E-state index contributed by atoms with van der Waals surface area (Å²) in [7, 11) is 0. The van der Waals surface area contributed by atoms with Gasteiger partial charge in [0.05, 0.1) is 4.88 Å². The molecule has 0 aromatic carbocycles. The van der Waals surface area contributed by atoms with Gasteiger partial charge in [-0.2, -0.15) is 4.80 Å². The van der Waals surface area contributed by atoms with Gasteiger partial charge in [0, 0.05) is 6.04 Å². The van der Waals surface area contributed by atoms with Gasteiger partial charge < -0.3 is 5.32 Å². The predicted molar refractivity (Wildman–Crippen MR) is 80.8 cm³/mol. The Morgan fingerprint density at radius 3 is 2.86 bits per heavy atom. The first-order valence-corrected chi connectivity index (χ1v) is 8.30. The van der Waals surface area contributed by atoms with Gasteiger partial charge in [-0.05, 0) is 29.5 Å². The molecule has 112 valence electrons. The van der Waals surface area contributed by atoms with Crippen molar-refractivity contribution < 1.29 is 4.79 Å². The van der Waals surface area contributed by atoms with E-state index < -0.39 is 0 Å². The Morgan fingerprint density at radius 2 is 2.14 bits per heavy atom. The molecule has 2 aromatic rings. The molecule has 1 aliphatic carbocycles. The Balaban J connectivity index is 1.55. The van der Waals surface area contributed by atoms with Gasteiger partial charge in [-0.1, -0.05) is 31.7 Å². The number of tetrazole rings is 1. The molecule has 1 amide bonds. The number of hydrogen-bond acceptors (Lipinski definition) is 5. The van der Waals surface area contributed by atoms with Crippen molar-refractivity contribution in [1.29, 1.82) is 0 Å². The van der Waals surface area contributed by atoms with Crippen LogP contribution in [0.2, 0.25) is 0 Å². The first-order valence-electron chi connectivity index (χ1n) is 7.42. The molecule has 0 saturated heterocycles. The van der Waals surface area contributed by atoms with Gasteiger partial charge in [0.2, 0.25) is 11.7 Å². The van der Waals surface area contributed by atoms with Crippen LogP contribution in [0, 0.1) is 0 Å². The second-order valence-corrected chi connectivity index (χ2v) is 6.32. The van der Waals surface area contributed by atoms with E-state index in [1.165, 1.54) is 30.5 Å². The molecular formula is C14H19N5OS. The Labute approximate surface area is 127 Å². The van der Waals surface area contributed by atoms with E-state index in [1.54, 1.807) is 11.3 Å². The van der Waals surface area contributed by atoms with Gasteiger partial charge in [-0.3, -0.25) is 4.79 Å². The summed E-state index contributed by atoms with van der Waals surface area (Å²) in [4.78, 5) is 14.4. The number of nitrogens with one attached hydrogen (secondary N) is 1. The quantitative estimate of drug-likeness (QED) is 0.879. The van der Waals surface area contributed by atoms with Gasteiger partial charge in [0.1, 0.15) is 6.54 Å². The van der Waals surface area contributed by atoms with Crippen LogP contribution >= 0.6 is 11.3 Å². The molecule has 3 rings (SSSR count). The van der Waals surface area contributed by atoms with Crippen molar-refractivity contribution in [1.82, 2.24) is 25.5 Å². The summed E-state index contributed by atoms with van der Waals surface area (Å²) < 4.78 is 0. The highest BCUT2D eigenvalue weighted by molar-refractivity contribution is 7.13. The lowest BCUT2D eigenvalue weighted by Crippen LogP contribution is -2.37. The number of thiophene rings is 1. The first kappa shape index (κ1) is 14.2. The third-order valence-corrected chi connectivity index (χ3v) is 4.57. The number of aromatic nitrogens is 4. The molecule has 2 aromatic heterocycles. The minimum atomic E-state index is -0.0305. The third kappa shape index (κ3) is 3.87. The lowest BCUT2D eigenvalue weighted by Gasteiger charge is -2.15. The van der Waals surface area contributed by atoms with Crippen molar-refractivity contribution in [3.63, 3.8) is 0 Å². The van der Waals surface area contributed by atoms with Crippen molar-refractivity contribution in [2.45, 2.75) is 51.1 Å². The molecule has 0 aliphatic heterocycles. The Morgan fingerprint density at radius 1 is 1.33 bits per heavy atom. The van der Waals surface area contributed by atoms with Gasteiger partial charge in [0.25, 0.3) is 0 Å². The van der Waals surface area contributed by atoms with E-state index >= 15 is 0 Å². The van der Waals surface area contributed by atoms with E-state index in [0.717, 1.165) is 17.7 Å². The molecule has 6 nitrogen and oxygen atoms in total. The van der Waals surface area contributed by atoms with E-state index in [-0.39, 0.29) is 12.5 Å². The summed E-state index contributed by atoms with van der Waals surface area (Å²) in [5, 5.41) is 17.2. The van der Waals surface area contributed by atoms with Crippen molar-refractivity contribution in [3.8, 4) is 10.7 Å². The molecule has 21 heavy (non-hydrogen) atoms. The standard InChI is InChI=1S/C14H19N5OS/c20-13(15-11-6-3-1-2-4-7-11)10-19-17-14(16-18-19)12-8-5-9-21-12/h5,8-9,11H,1-4,6-7,10H2,(H,15,20). The summed E-state index contributed by atoms with van der Waals surface area (Å²) in [5.41, 5.74) is 0. The van der Waals surface area contributed by atoms with E-state index in [4.69, 9.17) is 0 Å². The number of hydrogen-bond donors (Lipinski definition) is 1. The summed E-state index contributed by atoms with van der Waals surface area (Å²) in [5.74, 6) is 0.546. The van der Waals surface area contributed by atoms with Crippen LogP contribution < -0.4 is 5.32 Å². The van der Waals surface area contributed by atoms with Crippen molar-refractivity contribution in [2.24, 2.45) is 0 Å². The summed E-state index contributed by atoms with van der Waals surface area (Å²) in [6, 6.07) is 4.19. The Kier molecular flexibility index (Phi) is 4.59. The van der Waals surface area contributed by atoms with Gasteiger partial charge >= 0.3 is 0 Å². The maximum Gasteiger partial charge on any atom is 0.243 e. The molecule has 7 heteroatoms. The fraction of sp³-hybridized carbons (Fsp3) is 0.571. The van der Waals surface area contributed by atoms with Crippen molar-refractivity contribution in [2.75, 3.05) is 0 Å². The summed E-state index contributed by atoms with van der Waals surface area (Å²) >= 11 is 1.56. The SMILES string of the molecule is O=C(Cn1nnc(-c2cccs2)n1)NC1CCCCCC1. The number of nitrogens with zero attached hydrogens (tertiary/aromatic N) is 4. The lowest BCUT2D eigenvalue weighted by atomic mass is 10.1. The minimum Gasteiger partial charge on any atom is -0.352 e. The van der Waals surface area contributed by atoms with Gasteiger partial charge in [-0.15, -0.1) is 21.5 Å².